The van der Waals surface area contributed by atoms with E-state index in [0.717, 1.165) is 18.5 Å². The first-order chi connectivity index (χ1) is 8.61. The van der Waals surface area contributed by atoms with Crippen molar-refractivity contribution in [3.63, 3.8) is 0 Å². The van der Waals surface area contributed by atoms with Crippen molar-refractivity contribution in [1.82, 2.24) is 10.3 Å². The number of hydrogen-bond acceptors (Lipinski definition) is 4. The molecule has 0 amide bonds. The minimum absolute atomic E-state index is 0.348. The molecule has 102 valence electrons. The Morgan fingerprint density at radius 1 is 1.44 bits per heavy atom. The molecule has 4 heteroatoms. The van der Waals surface area contributed by atoms with Gasteiger partial charge < -0.3 is 10.2 Å². The van der Waals surface area contributed by atoms with Crippen molar-refractivity contribution in [3.05, 3.63) is 11.1 Å². The van der Waals surface area contributed by atoms with Crippen molar-refractivity contribution < 1.29 is 0 Å². The highest BCUT2D eigenvalue weighted by Gasteiger charge is 2.30. The van der Waals surface area contributed by atoms with Crippen molar-refractivity contribution in [2.75, 3.05) is 18.5 Å². The zero-order valence-corrected chi connectivity index (χ0v) is 12.8. The summed E-state index contributed by atoms with van der Waals surface area (Å²) in [5, 5.41) is 6.67. The molecule has 1 unspecified atom stereocenters. The summed E-state index contributed by atoms with van der Waals surface area (Å²) in [5.41, 5.74) is 1.17. The molecule has 1 aromatic rings. The van der Waals surface area contributed by atoms with E-state index in [1.54, 1.807) is 11.3 Å². The lowest BCUT2D eigenvalue weighted by Crippen LogP contribution is -2.27. The summed E-state index contributed by atoms with van der Waals surface area (Å²) in [4.78, 5) is 7.33. The third kappa shape index (κ3) is 3.45. The van der Waals surface area contributed by atoms with Crippen molar-refractivity contribution in [2.45, 2.75) is 52.1 Å². The lowest BCUT2D eigenvalue weighted by Gasteiger charge is -2.22. The summed E-state index contributed by atoms with van der Waals surface area (Å²) < 4.78 is 0. The Hall–Kier alpha value is -0.610. The quantitative estimate of drug-likeness (QED) is 0.820. The number of nitrogens with zero attached hydrogens (tertiary/aromatic N) is 2. The molecule has 0 radical (unpaired) electrons. The SMILES string of the molecule is CNC(C)c1csc(N(CCC(C)C)C2CC2)n1. The minimum atomic E-state index is 0.348. The van der Waals surface area contributed by atoms with Crippen LogP contribution in [0.4, 0.5) is 5.13 Å². The maximum atomic E-state index is 4.80. The molecule has 0 spiro atoms. The Kier molecular flexibility index (Phi) is 4.62. The Labute approximate surface area is 115 Å². The first-order valence-corrected chi connectivity index (χ1v) is 7.89. The van der Waals surface area contributed by atoms with Gasteiger partial charge in [-0.15, -0.1) is 11.3 Å². The molecular formula is C14H25N3S. The van der Waals surface area contributed by atoms with E-state index in [0.29, 0.717) is 6.04 Å². The Morgan fingerprint density at radius 2 is 2.17 bits per heavy atom. The average molecular weight is 267 g/mol. The maximum absolute atomic E-state index is 4.80. The Balaban J connectivity index is 2.03. The molecule has 18 heavy (non-hydrogen) atoms. The molecule has 3 nitrogen and oxygen atoms in total. The van der Waals surface area contributed by atoms with Gasteiger partial charge in [0.1, 0.15) is 0 Å². The van der Waals surface area contributed by atoms with Crippen LogP contribution in [0.5, 0.6) is 0 Å². The number of hydrogen-bond donors (Lipinski definition) is 1. The van der Waals surface area contributed by atoms with Crippen molar-refractivity contribution in [1.29, 1.82) is 0 Å². The van der Waals surface area contributed by atoms with Gasteiger partial charge in [0.25, 0.3) is 0 Å². The third-order valence-corrected chi connectivity index (χ3v) is 4.46. The van der Waals surface area contributed by atoms with Crippen LogP contribution in [0, 0.1) is 5.92 Å². The first kappa shape index (κ1) is 13.8. The second-order valence-corrected chi connectivity index (χ2v) is 6.51. The van der Waals surface area contributed by atoms with Crippen LogP contribution in [0.2, 0.25) is 0 Å². The molecule has 0 aliphatic heterocycles. The van der Waals surface area contributed by atoms with Crippen LogP contribution in [0.15, 0.2) is 5.38 Å². The lowest BCUT2D eigenvalue weighted by molar-refractivity contribution is 0.569. The van der Waals surface area contributed by atoms with E-state index in [9.17, 15) is 0 Å². The molecule has 1 heterocycles. The van der Waals surface area contributed by atoms with Crippen LogP contribution in [0.1, 0.15) is 51.8 Å². The van der Waals surface area contributed by atoms with Crippen LogP contribution in [0.3, 0.4) is 0 Å². The summed E-state index contributed by atoms with van der Waals surface area (Å²) >= 11 is 1.80. The summed E-state index contributed by atoms with van der Waals surface area (Å²) in [7, 11) is 1.99. The summed E-state index contributed by atoms with van der Waals surface area (Å²) in [6, 6.07) is 1.11. The molecule has 1 aromatic heterocycles. The number of rotatable bonds is 7. The smallest absolute Gasteiger partial charge is 0.185 e. The summed E-state index contributed by atoms with van der Waals surface area (Å²) in [6.07, 6.45) is 3.94. The molecule has 0 aromatic carbocycles. The highest BCUT2D eigenvalue weighted by Crippen LogP contribution is 2.34. The average Bonchev–Trinajstić information content (AvgIpc) is 3.05. The fraction of sp³-hybridized carbons (Fsp3) is 0.786. The van der Waals surface area contributed by atoms with Gasteiger partial charge in [0.2, 0.25) is 0 Å². The summed E-state index contributed by atoms with van der Waals surface area (Å²) in [5.74, 6) is 0.766. The molecule has 1 fully saturated rings. The first-order valence-electron chi connectivity index (χ1n) is 7.01. The topological polar surface area (TPSA) is 28.2 Å². The fourth-order valence-corrected chi connectivity index (χ4v) is 2.99. The van der Waals surface area contributed by atoms with Gasteiger partial charge in [-0.1, -0.05) is 13.8 Å². The second-order valence-electron chi connectivity index (χ2n) is 5.67. The normalized spacial score (nSPS) is 17.2. The van der Waals surface area contributed by atoms with E-state index >= 15 is 0 Å². The predicted octanol–water partition coefficient (Wildman–Crippen LogP) is 3.44. The number of anilines is 1. The highest BCUT2D eigenvalue weighted by atomic mass is 32.1. The van der Waals surface area contributed by atoms with Crippen LogP contribution < -0.4 is 10.2 Å². The zero-order chi connectivity index (χ0) is 13.1. The largest absolute Gasteiger partial charge is 0.345 e. The second kappa shape index (κ2) is 6.02. The third-order valence-electron chi connectivity index (χ3n) is 3.57. The van der Waals surface area contributed by atoms with Gasteiger partial charge in [-0.25, -0.2) is 4.98 Å². The van der Waals surface area contributed by atoms with Gasteiger partial charge >= 0.3 is 0 Å². The molecule has 0 saturated heterocycles. The summed E-state index contributed by atoms with van der Waals surface area (Å²) in [6.45, 7) is 7.90. The molecule has 1 aliphatic carbocycles. The molecule has 0 bridgehead atoms. The van der Waals surface area contributed by atoms with Gasteiger partial charge in [-0.05, 0) is 39.2 Å². The van der Waals surface area contributed by atoms with E-state index < -0.39 is 0 Å². The van der Waals surface area contributed by atoms with Crippen molar-refractivity contribution >= 4 is 16.5 Å². The molecule has 1 saturated carbocycles. The monoisotopic (exact) mass is 267 g/mol. The molecule has 2 rings (SSSR count). The molecule has 1 aliphatic rings. The van der Waals surface area contributed by atoms with E-state index in [2.05, 4.69) is 36.4 Å². The lowest BCUT2D eigenvalue weighted by atomic mass is 10.1. The Bertz CT molecular complexity index is 371. The van der Waals surface area contributed by atoms with Crippen molar-refractivity contribution in [3.8, 4) is 0 Å². The fourth-order valence-electron chi connectivity index (χ4n) is 1.97. The van der Waals surface area contributed by atoms with Crippen LogP contribution in [-0.4, -0.2) is 24.6 Å². The zero-order valence-electron chi connectivity index (χ0n) is 11.9. The number of aromatic nitrogens is 1. The van der Waals surface area contributed by atoms with Crippen molar-refractivity contribution in [2.24, 2.45) is 5.92 Å². The van der Waals surface area contributed by atoms with Crippen LogP contribution in [-0.2, 0) is 0 Å². The van der Waals surface area contributed by atoms with Gasteiger partial charge in [0.15, 0.2) is 5.13 Å². The maximum Gasteiger partial charge on any atom is 0.185 e. The predicted molar refractivity (Wildman–Crippen MR) is 79.4 cm³/mol. The number of nitrogens with one attached hydrogen (secondary N) is 1. The van der Waals surface area contributed by atoms with E-state index in [-0.39, 0.29) is 0 Å². The van der Waals surface area contributed by atoms with Gasteiger partial charge in [0.05, 0.1) is 5.69 Å². The van der Waals surface area contributed by atoms with E-state index in [1.807, 2.05) is 7.05 Å². The van der Waals surface area contributed by atoms with Crippen LogP contribution in [0.25, 0.3) is 0 Å². The van der Waals surface area contributed by atoms with Crippen LogP contribution >= 0.6 is 11.3 Å². The number of thiazole rings is 1. The minimum Gasteiger partial charge on any atom is -0.345 e. The molecular weight excluding hydrogens is 242 g/mol. The van der Waals surface area contributed by atoms with Gasteiger partial charge in [-0.2, -0.15) is 0 Å². The molecule has 1 N–H and O–H groups in total. The highest BCUT2D eigenvalue weighted by molar-refractivity contribution is 7.13. The Morgan fingerprint density at radius 3 is 2.72 bits per heavy atom. The van der Waals surface area contributed by atoms with Gasteiger partial charge in [-0.3, -0.25) is 0 Å². The van der Waals surface area contributed by atoms with E-state index in [1.165, 1.54) is 30.1 Å². The van der Waals surface area contributed by atoms with E-state index in [4.69, 9.17) is 4.98 Å². The standard InChI is InChI=1S/C14H25N3S/c1-10(2)7-8-17(12-5-6-12)14-16-13(9-18-14)11(3)15-4/h9-12,15H,5-8H2,1-4H3. The molecule has 1 atom stereocenters. The van der Waals surface area contributed by atoms with Gasteiger partial charge in [0, 0.05) is 24.0 Å².